The Bertz CT molecular complexity index is 754. The lowest BCUT2D eigenvalue weighted by atomic mass is 10.1. The average Bonchev–Trinajstić information content (AvgIpc) is 2.92. The molecule has 4 nitrogen and oxygen atoms in total. The van der Waals surface area contributed by atoms with Gasteiger partial charge >= 0.3 is 0 Å². The number of aromatic amines is 1. The summed E-state index contributed by atoms with van der Waals surface area (Å²) in [7, 11) is 1.91. The summed E-state index contributed by atoms with van der Waals surface area (Å²) in [6, 6.07) is 4.29. The number of nitrogens with one attached hydrogen (secondary N) is 2. The highest BCUT2D eigenvalue weighted by atomic mass is 32.1. The predicted octanol–water partition coefficient (Wildman–Crippen LogP) is 3.65. The second-order valence-corrected chi connectivity index (χ2v) is 5.56. The number of benzene rings is 1. The molecule has 2 aromatic heterocycles. The van der Waals surface area contributed by atoms with Gasteiger partial charge in [0.1, 0.15) is 10.8 Å². The summed E-state index contributed by atoms with van der Waals surface area (Å²) >= 11 is 1.47. The Hall–Kier alpha value is -1.88. The smallest absolute Gasteiger partial charge is 0.143 e. The van der Waals surface area contributed by atoms with Crippen LogP contribution in [0.2, 0.25) is 0 Å². The standard InChI is InChI=1S/C14H16N4S/c1-7-5-8(2)12-10(6-7)16-13(17-12)11-9(3)18-19-14(11)15-4/h5-6,15H,1-4H3,(H,16,17). The van der Waals surface area contributed by atoms with E-state index in [1.165, 1.54) is 22.7 Å². The number of imidazole rings is 1. The molecule has 2 heterocycles. The third-order valence-corrected chi connectivity index (χ3v) is 4.20. The molecule has 0 atom stereocenters. The van der Waals surface area contributed by atoms with Gasteiger partial charge in [-0.05, 0) is 49.5 Å². The van der Waals surface area contributed by atoms with E-state index >= 15 is 0 Å². The van der Waals surface area contributed by atoms with E-state index in [1.807, 2.05) is 14.0 Å². The molecule has 0 bridgehead atoms. The first kappa shape index (κ1) is 12.2. The van der Waals surface area contributed by atoms with E-state index in [-0.39, 0.29) is 0 Å². The second kappa shape index (κ2) is 4.35. The van der Waals surface area contributed by atoms with E-state index in [1.54, 1.807) is 0 Å². The molecule has 0 aliphatic rings. The summed E-state index contributed by atoms with van der Waals surface area (Å²) in [6.07, 6.45) is 0. The first-order valence-corrected chi connectivity index (χ1v) is 6.99. The van der Waals surface area contributed by atoms with Crippen molar-refractivity contribution < 1.29 is 0 Å². The van der Waals surface area contributed by atoms with Gasteiger partial charge in [0.15, 0.2) is 0 Å². The molecular weight excluding hydrogens is 256 g/mol. The van der Waals surface area contributed by atoms with Crippen LogP contribution >= 0.6 is 11.5 Å². The zero-order valence-electron chi connectivity index (χ0n) is 11.5. The number of rotatable bonds is 2. The van der Waals surface area contributed by atoms with Crippen LogP contribution in [-0.4, -0.2) is 21.4 Å². The Labute approximate surface area is 116 Å². The van der Waals surface area contributed by atoms with Gasteiger partial charge in [0.2, 0.25) is 0 Å². The SMILES string of the molecule is CNc1snc(C)c1-c1nc2c(C)cc(C)cc2[nH]1. The Morgan fingerprint density at radius 2 is 2.00 bits per heavy atom. The van der Waals surface area contributed by atoms with Gasteiger partial charge in [-0.3, -0.25) is 0 Å². The van der Waals surface area contributed by atoms with E-state index in [0.717, 1.165) is 33.1 Å². The lowest BCUT2D eigenvalue weighted by Crippen LogP contribution is -1.89. The normalized spacial score (nSPS) is 11.2. The number of H-pyrrole nitrogens is 1. The van der Waals surface area contributed by atoms with Crippen molar-refractivity contribution in [2.45, 2.75) is 20.8 Å². The average molecular weight is 272 g/mol. The molecule has 5 heteroatoms. The minimum absolute atomic E-state index is 0.888. The largest absolute Gasteiger partial charge is 0.378 e. The van der Waals surface area contributed by atoms with Gasteiger partial charge in [-0.2, -0.15) is 4.37 Å². The van der Waals surface area contributed by atoms with Crippen molar-refractivity contribution >= 4 is 27.6 Å². The van der Waals surface area contributed by atoms with Gasteiger partial charge < -0.3 is 10.3 Å². The lowest BCUT2D eigenvalue weighted by molar-refractivity contribution is 1.27. The highest BCUT2D eigenvalue weighted by Crippen LogP contribution is 2.34. The first-order valence-electron chi connectivity index (χ1n) is 6.21. The molecule has 0 saturated carbocycles. The van der Waals surface area contributed by atoms with Crippen LogP contribution in [0.4, 0.5) is 5.00 Å². The molecule has 0 radical (unpaired) electrons. The third kappa shape index (κ3) is 1.90. The maximum atomic E-state index is 4.74. The van der Waals surface area contributed by atoms with Crippen LogP contribution in [0.5, 0.6) is 0 Å². The van der Waals surface area contributed by atoms with Crippen molar-refractivity contribution in [2.75, 3.05) is 12.4 Å². The summed E-state index contributed by atoms with van der Waals surface area (Å²) < 4.78 is 4.39. The van der Waals surface area contributed by atoms with E-state index < -0.39 is 0 Å². The third-order valence-electron chi connectivity index (χ3n) is 3.25. The van der Waals surface area contributed by atoms with Gasteiger partial charge in [0.25, 0.3) is 0 Å². The molecule has 3 aromatic rings. The zero-order chi connectivity index (χ0) is 13.6. The number of nitrogens with zero attached hydrogens (tertiary/aromatic N) is 2. The van der Waals surface area contributed by atoms with Crippen LogP contribution < -0.4 is 5.32 Å². The number of aromatic nitrogens is 3. The highest BCUT2D eigenvalue weighted by Gasteiger charge is 2.16. The molecule has 19 heavy (non-hydrogen) atoms. The van der Waals surface area contributed by atoms with Gasteiger partial charge in [-0.25, -0.2) is 4.98 Å². The first-order chi connectivity index (χ1) is 9.10. The summed E-state index contributed by atoms with van der Waals surface area (Å²) in [5.41, 5.74) is 6.63. The van der Waals surface area contributed by atoms with Crippen molar-refractivity contribution in [1.82, 2.24) is 14.3 Å². The van der Waals surface area contributed by atoms with Crippen LogP contribution in [-0.2, 0) is 0 Å². The van der Waals surface area contributed by atoms with Crippen LogP contribution in [0, 0.1) is 20.8 Å². The monoisotopic (exact) mass is 272 g/mol. The topological polar surface area (TPSA) is 53.6 Å². The zero-order valence-corrected chi connectivity index (χ0v) is 12.3. The Balaban J connectivity index is 2.26. The van der Waals surface area contributed by atoms with Crippen LogP contribution in [0.25, 0.3) is 22.4 Å². The fraction of sp³-hybridized carbons (Fsp3) is 0.286. The molecule has 0 spiro atoms. The van der Waals surface area contributed by atoms with E-state index in [2.05, 4.69) is 40.7 Å². The van der Waals surface area contributed by atoms with E-state index in [0.29, 0.717) is 0 Å². The molecule has 2 N–H and O–H groups in total. The van der Waals surface area contributed by atoms with Crippen molar-refractivity contribution in [3.63, 3.8) is 0 Å². The van der Waals surface area contributed by atoms with Crippen molar-refractivity contribution in [3.8, 4) is 11.4 Å². The van der Waals surface area contributed by atoms with Gasteiger partial charge in [0.05, 0.1) is 22.3 Å². The van der Waals surface area contributed by atoms with Gasteiger partial charge in [0, 0.05) is 7.05 Å². The summed E-state index contributed by atoms with van der Waals surface area (Å²) in [6.45, 7) is 6.21. The predicted molar refractivity (Wildman–Crippen MR) is 81.0 cm³/mol. The molecule has 0 aliphatic carbocycles. The van der Waals surface area contributed by atoms with Crippen molar-refractivity contribution in [1.29, 1.82) is 0 Å². The number of fused-ring (bicyclic) bond motifs is 1. The van der Waals surface area contributed by atoms with Crippen LogP contribution in [0.3, 0.4) is 0 Å². The minimum Gasteiger partial charge on any atom is -0.378 e. The van der Waals surface area contributed by atoms with Crippen molar-refractivity contribution in [2.24, 2.45) is 0 Å². The fourth-order valence-corrected chi connectivity index (χ4v) is 3.16. The summed E-state index contributed by atoms with van der Waals surface area (Å²) in [4.78, 5) is 8.15. The molecule has 0 unspecified atom stereocenters. The van der Waals surface area contributed by atoms with Crippen LogP contribution in [0.15, 0.2) is 12.1 Å². The summed E-state index contributed by atoms with van der Waals surface area (Å²) in [5, 5.41) is 4.23. The van der Waals surface area contributed by atoms with Gasteiger partial charge in [-0.1, -0.05) is 6.07 Å². The maximum Gasteiger partial charge on any atom is 0.143 e. The second-order valence-electron chi connectivity index (χ2n) is 4.79. The molecule has 1 aromatic carbocycles. The minimum atomic E-state index is 0.888. The fourth-order valence-electron chi connectivity index (χ4n) is 2.41. The maximum absolute atomic E-state index is 4.74. The Kier molecular flexibility index (Phi) is 2.78. The Morgan fingerprint density at radius 3 is 2.74 bits per heavy atom. The lowest BCUT2D eigenvalue weighted by Gasteiger charge is -1.98. The molecular formula is C14H16N4S. The summed E-state index contributed by atoms with van der Waals surface area (Å²) in [5.74, 6) is 0.888. The molecule has 0 amide bonds. The molecule has 0 fully saturated rings. The number of hydrogen-bond donors (Lipinski definition) is 2. The quantitative estimate of drug-likeness (QED) is 0.748. The van der Waals surface area contributed by atoms with Crippen LogP contribution in [0.1, 0.15) is 16.8 Å². The van der Waals surface area contributed by atoms with Crippen molar-refractivity contribution in [3.05, 3.63) is 29.0 Å². The number of anilines is 1. The highest BCUT2D eigenvalue weighted by molar-refractivity contribution is 7.10. The van der Waals surface area contributed by atoms with Gasteiger partial charge in [-0.15, -0.1) is 0 Å². The van der Waals surface area contributed by atoms with E-state index in [9.17, 15) is 0 Å². The molecule has 0 aliphatic heterocycles. The Morgan fingerprint density at radius 1 is 1.21 bits per heavy atom. The number of hydrogen-bond acceptors (Lipinski definition) is 4. The molecule has 98 valence electrons. The number of aryl methyl sites for hydroxylation is 3. The van der Waals surface area contributed by atoms with E-state index in [4.69, 9.17) is 4.98 Å². The molecule has 3 rings (SSSR count). The molecule has 0 saturated heterocycles.